The van der Waals surface area contributed by atoms with Crippen molar-refractivity contribution in [2.75, 3.05) is 6.79 Å². The molecule has 2 aliphatic rings. The van der Waals surface area contributed by atoms with Crippen molar-refractivity contribution in [1.82, 2.24) is 14.7 Å². The lowest BCUT2D eigenvalue weighted by Crippen LogP contribution is -2.32. The van der Waals surface area contributed by atoms with Crippen LogP contribution in [-0.4, -0.2) is 27.4 Å². The molecule has 6 heteroatoms. The van der Waals surface area contributed by atoms with E-state index in [9.17, 15) is 4.79 Å². The van der Waals surface area contributed by atoms with E-state index >= 15 is 0 Å². The van der Waals surface area contributed by atoms with Crippen LogP contribution >= 0.6 is 0 Å². The van der Waals surface area contributed by atoms with E-state index in [1.165, 1.54) is 0 Å². The summed E-state index contributed by atoms with van der Waals surface area (Å²) in [5.41, 5.74) is 3.06. The summed E-state index contributed by atoms with van der Waals surface area (Å²) in [4.78, 5) is 14.6. The maximum atomic E-state index is 12.7. The number of nitrogens with zero attached hydrogens (tertiary/aromatic N) is 3. The Bertz CT molecular complexity index is 780. The summed E-state index contributed by atoms with van der Waals surface area (Å²) in [6.07, 6.45) is 2.00. The van der Waals surface area contributed by atoms with Crippen LogP contribution in [0.1, 0.15) is 29.8 Å². The number of aryl methyl sites for hydroxylation is 2. The molecule has 1 aliphatic heterocycles. The monoisotopic (exact) mass is 327 g/mol. The molecule has 1 fully saturated rings. The number of aromatic nitrogens is 2. The molecule has 2 heterocycles. The Morgan fingerprint density at radius 2 is 2.04 bits per heavy atom. The lowest BCUT2D eigenvalue weighted by molar-refractivity contribution is -0.133. The zero-order chi connectivity index (χ0) is 16.7. The van der Waals surface area contributed by atoms with E-state index in [4.69, 9.17) is 9.47 Å². The molecule has 126 valence electrons. The van der Waals surface area contributed by atoms with Crippen LogP contribution in [0.4, 0.5) is 0 Å². The van der Waals surface area contributed by atoms with Gasteiger partial charge in [-0.15, -0.1) is 0 Å². The molecule has 0 saturated heterocycles. The van der Waals surface area contributed by atoms with Crippen LogP contribution in [0.5, 0.6) is 11.5 Å². The molecule has 1 aromatic heterocycles. The average Bonchev–Trinajstić information content (AvgIpc) is 3.22. The number of amides is 1. The maximum absolute atomic E-state index is 12.7. The molecular weight excluding hydrogens is 306 g/mol. The van der Waals surface area contributed by atoms with Crippen molar-refractivity contribution >= 4 is 5.91 Å². The Kier molecular flexibility index (Phi) is 3.67. The van der Waals surface area contributed by atoms with Gasteiger partial charge < -0.3 is 14.4 Å². The summed E-state index contributed by atoms with van der Waals surface area (Å²) in [5, 5.41) is 4.38. The number of hydrogen-bond donors (Lipinski definition) is 0. The van der Waals surface area contributed by atoms with E-state index < -0.39 is 0 Å². The highest BCUT2D eigenvalue weighted by atomic mass is 16.7. The van der Waals surface area contributed by atoms with Gasteiger partial charge in [-0.05, 0) is 43.5 Å². The predicted octanol–water partition coefficient (Wildman–Crippen LogP) is 2.40. The van der Waals surface area contributed by atoms with Gasteiger partial charge in [0.2, 0.25) is 12.7 Å². The van der Waals surface area contributed by atoms with Gasteiger partial charge in [0.05, 0.1) is 17.9 Å². The van der Waals surface area contributed by atoms with E-state index in [2.05, 4.69) is 5.10 Å². The van der Waals surface area contributed by atoms with Gasteiger partial charge in [0.25, 0.3) is 0 Å². The van der Waals surface area contributed by atoms with Gasteiger partial charge in [-0.2, -0.15) is 5.10 Å². The van der Waals surface area contributed by atoms with Gasteiger partial charge in [-0.1, -0.05) is 6.07 Å². The Hall–Kier alpha value is -2.50. The van der Waals surface area contributed by atoms with Crippen molar-refractivity contribution < 1.29 is 14.3 Å². The van der Waals surface area contributed by atoms with Gasteiger partial charge in [0.1, 0.15) is 0 Å². The molecule has 0 radical (unpaired) electrons. The fourth-order valence-corrected chi connectivity index (χ4v) is 3.07. The molecule has 6 nitrogen and oxygen atoms in total. The van der Waals surface area contributed by atoms with Gasteiger partial charge in [-0.25, -0.2) is 0 Å². The normalized spacial score (nSPS) is 15.6. The summed E-state index contributed by atoms with van der Waals surface area (Å²) in [6.45, 7) is 3.36. The van der Waals surface area contributed by atoms with Crippen molar-refractivity contribution in [3.05, 3.63) is 41.2 Å². The third-order valence-corrected chi connectivity index (χ3v) is 4.50. The number of ether oxygens (including phenoxy) is 2. The summed E-state index contributed by atoms with van der Waals surface area (Å²) in [7, 11) is 1.92. The van der Waals surface area contributed by atoms with E-state index in [-0.39, 0.29) is 18.6 Å². The first-order valence-electron chi connectivity index (χ1n) is 8.27. The summed E-state index contributed by atoms with van der Waals surface area (Å²) >= 11 is 0. The second kappa shape index (κ2) is 5.85. The summed E-state index contributed by atoms with van der Waals surface area (Å²) in [5.74, 6) is 1.93. The van der Waals surface area contributed by atoms with Crippen LogP contribution in [0.25, 0.3) is 0 Å². The first-order chi connectivity index (χ1) is 11.6. The van der Waals surface area contributed by atoms with Crippen molar-refractivity contribution in [3.63, 3.8) is 0 Å². The summed E-state index contributed by atoms with van der Waals surface area (Å²) in [6, 6.07) is 7.90. The lowest BCUT2D eigenvalue weighted by atomic mass is 10.1. The third kappa shape index (κ3) is 2.96. The minimum atomic E-state index is 0.188. The number of benzene rings is 1. The Morgan fingerprint density at radius 1 is 1.25 bits per heavy atom. The van der Waals surface area contributed by atoms with Crippen LogP contribution in [0, 0.1) is 12.8 Å². The van der Waals surface area contributed by atoms with Crippen molar-refractivity contribution in [2.24, 2.45) is 13.0 Å². The highest BCUT2D eigenvalue weighted by Crippen LogP contribution is 2.35. The molecule has 0 bridgehead atoms. The van der Waals surface area contributed by atoms with Gasteiger partial charge in [-0.3, -0.25) is 9.48 Å². The highest BCUT2D eigenvalue weighted by Gasteiger charge is 2.34. The quantitative estimate of drug-likeness (QED) is 0.846. The molecule has 1 aromatic carbocycles. The fourth-order valence-electron chi connectivity index (χ4n) is 3.07. The second-order valence-corrected chi connectivity index (χ2v) is 6.56. The molecule has 1 saturated carbocycles. The number of fused-ring (bicyclic) bond motifs is 1. The topological polar surface area (TPSA) is 56.6 Å². The SMILES string of the molecule is Cc1cc(CN(Cc2ccc3c(c2)OCO3)C(=O)C2CC2)n(C)n1. The Balaban J connectivity index is 1.56. The Morgan fingerprint density at radius 3 is 2.75 bits per heavy atom. The van der Waals surface area contributed by atoms with Crippen LogP contribution in [0.15, 0.2) is 24.3 Å². The zero-order valence-corrected chi connectivity index (χ0v) is 14.0. The van der Waals surface area contributed by atoms with E-state index in [1.54, 1.807) is 0 Å². The van der Waals surface area contributed by atoms with Gasteiger partial charge in [0.15, 0.2) is 11.5 Å². The molecule has 0 unspecified atom stereocenters. The number of carbonyl (C=O) groups is 1. The van der Waals surface area contributed by atoms with Crippen molar-refractivity contribution in [3.8, 4) is 11.5 Å². The van der Waals surface area contributed by atoms with Crippen molar-refractivity contribution in [1.29, 1.82) is 0 Å². The first kappa shape index (κ1) is 15.1. The zero-order valence-electron chi connectivity index (χ0n) is 14.0. The van der Waals surface area contributed by atoms with E-state index in [0.717, 1.165) is 41.3 Å². The third-order valence-electron chi connectivity index (χ3n) is 4.50. The highest BCUT2D eigenvalue weighted by molar-refractivity contribution is 5.81. The average molecular weight is 327 g/mol. The van der Waals surface area contributed by atoms with Crippen LogP contribution in [0.3, 0.4) is 0 Å². The molecule has 4 rings (SSSR count). The Labute approximate surface area is 141 Å². The summed E-state index contributed by atoms with van der Waals surface area (Å²) < 4.78 is 12.6. The maximum Gasteiger partial charge on any atom is 0.231 e. The lowest BCUT2D eigenvalue weighted by Gasteiger charge is -2.23. The van der Waals surface area contributed by atoms with E-state index in [1.807, 2.05) is 47.8 Å². The smallest absolute Gasteiger partial charge is 0.231 e. The minimum absolute atomic E-state index is 0.188. The molecule has 0 N–H and O–H groups in total. The molecular formula is C18H21N3O3. The van der Waals surface area contributed by atoms with Crippen LogP contribution in [-0.2, 0) is 24.9 Å². The largest absolute Gasteiger partial charge is 0.454 e. The van der Waals surface area contributed by atoms with E-state index in [0.29, 0.717) is 13.1 Å². The number of rotatable bonds is 5. The molecule has 0 spiro atoms. The number of hydrogen-bond acceptors (Lipinski definition) is 4. The standard InChI is InChI=1S/C18H21N3O3/c1-12-7-15(20(2)19-12)10-21(18(22)14-4-5-14)9-13-3-6-16-17(8-13)24-11-23-16/h3,6-8,14H,4-5,9-11H2,1-2H3. The van der Waals surface area contributed by atoms with Crippen LogP contribution < -0.4 is 9.47 Å². The minimum Gasteiger partial charge on any atom is -0.454 e. The molecule has 0 atom stereocenters. The molecule has 1 aliphatic carbocycles. The van der Waals surface area contributed by atoms with Gasteiger partial charge in [0, 0.05) is 19.5 Å². The molecule has 24 heavy (non-hydrogen) atoms. The second-order valence-electron chi connectivity index (χ2n) is 6.56. The number of carbonyl (C=O) groups excluding carboxylic acids is 1. The van der Waals surface area contributed by atoms with Crippen molar-refractivity contribution in [2.45, 2.75) is 32.9 Å². The van der Waals surface area contributed by atoms with Crippen LogP contribution in [0.2, 0.25) is 0 Å². The fraction of sp³-hybridized carbons (Fsp3) is 0.444. The molecule has 1 amide bonds. The first-order valence-corrected chi connectivity index (χ1v) is 8.27. The van der Waals surface area contributed by atoms with Gasteiger partial charge >= 0.3 is 0 Å². The predicted molar refractivity (Wildman–Crippen MR) is 87.5 cm³/mol. The molecule has 2 aromatic rings.